The Hall–Kier alpha value is -0.770. The van der Waals surface area contributed by atoms with Crippen LogP contribution in [0.25, 0.3) is 0 Å². The van der Waals surface area contributed by atoms with Gasteiger partial charge in [0.2, 0.25) is 0 Å². The molecular weight excluding hydrogens is 244 g/mol. The molecule has 1 saturated carbocycles. The van der Waals surface area contributed by atoms with E-state index in [9.17, 15) is 4.79 Å². The van der Waals surface area contributed by atoms with E-state index < -0.39 is 0 Å². The summed E-state index contributed by atoms with van der Waals surface area (Å²) < 4.78 is 0.909. The fourth-order valence-corrected chi connectivity index (χ4v) is 1.87. The number of hydrogen-bond acceptors (Lipinski definition) is 1. The number of aromatic amines is 1. The standard InChI is InChI=1S/C10H13BrN2O/c11-8-4-9(12-6-8)10(14)13-5-7-2-1-3-7/h4,6-7,12H,1-3,5H2,(H,13,14). The summed E-state index contributed by atoms with van der Waals surface area (Å²) in [7, 11) is 0. The van der Waals surface area contributed by atoms with Gasteiger partial charge in [-0.2, -0.15) is 0 Å². The number of amides is 1. The van der Waals surface area contributed by atoms with E-state index in [1.807, 2.05) is 0 Å². The fourth-order valence-electron chi connectivity index (χ4n) is 1.53. The number of carbonyl (C=O) groups is 1. The second kappa shape index (κ2) is 4.17. The molecule has 0 radical (unpaired) electrons. The number of aromatic nitrogens is 1. The van der Waals surface area contributed by atoms with Gasteiger partial charge in [0.25, 0.3) is 5.91 Å². The zero-order chi connectivity index (χ0) is 9.97. The van der Waals surface area contributed by atoms with Gasteiger partial charge in [0.15, 0.2) is 0 Å². The quantitative estimate of drug-likeness (QED) is 0.857. The SMILES string of the molecule is O=C(NCC1CCC1)c1cc(Br)c[nH]1. The van der Waals surface area contributed by atoms with Gasteiger partial charge in [0.05, 0.1) is 0 Å². The maximum atomic E-state index is 11.5. The molecule has 1 amide bonds. The van der Waals surface area contributed by atoms with Crippen LogP contribution in [0.4, 0.5) is 0 Å². The second-order valence-corrected chi connectivity index (χ2v) is 4.65. The molecule has 0 bridgehead atoms. The van der Waals surface area contributed by atoms with Gasteiger partial charge in [-0.15, -0.1) is 0 Å². The van der Waals surface area contributed by atoms with Crippen molar-refractivity contribution in [3.63, 3.8) is 0 Å². The molecule has 4 heteroatoms. The highest BCUT2D eigenvalue weighted by atomic mass is 79.9. The van der Waals surface area contributed by atoms with Crippen LogP contribution in [-0.2, 0) is 0 Å². The highest BCUT2D eigenvalue weighted by Gasteiger charge is 2.18. The number of hydrogen-bond donors (Lipinski definition) is 2. The lowest BCUT2D eigenvalue weighted by Gasteiger charge is -2.25. The fraction of sp³-hybridized carbons (Fsp3) is 0.500. The van der Waals surface area contributed by atoms with Crippen molar-refractivity contribution in [3.8, 4) is 0 Å². The predicted octanol–water partition coefficient (Wildman–Crippen LogP) is 2.31. The Morgan fingerprint density at radius 1 is 1.64 bits per heavy atom. The van der Waals surface area contributed by atoms with Crippen LogP contribution in [0.2, 0.25) is 0 Å². The molecule has 0 aliphatic heterocycles. The van der Waals surface area contributed by atoms with Crippen LogP contribution in [-0.4, -0.2) is 17.4 Å². The largest absolute Gasteiger partial charge is 0.356 e. The first-order chi connectivity index (χ1) is 6.75. The number of rotatable bonds is 3. The van der Waals surface area contributed by atoms with Gasteiger partial charge in [-0.25, -0.2) is 0 Å². The first-order valence-electron chi connectivity index (χ1n) is 4.88. The third kappa shape index (κ3) is 2.18. The average molecular weight is 257 g/mol. The lowest BCUT2D eigenvalue weighted by molar-refractivity contribution is 0.0934. The summed E-state index contributed by atoms with van der Waals surface area (Å²) >= 11 is 3.29. The van der Waals surface area contributed by atoms with Crippen molar-refractivity contribution in [3.05, 3.63) is 22.4 Å². The maximum absolute atomic E-state index is 11.5. The third-order valence-electron chi connectivity index (χ3n) is 2.67. The first-order valence-corrected chi connectivity index (χ1v) is 5.67. The molecule has 1 aliphatic carbocycles. The normalized spacial score (nSPS) is 16.4. The van der Waals surface area contributed by atoms with Crippen LogP contribution in [0.3, 0.4) is 0 Å². The molecule has 1 aromatic heterocycles. The van der Waals surface area contributed by atoms with Crippen molar-refractivity contribution in [2.75, 3.05) is 6.54 Å². The highest BCUT2D eigenvalue weighted by molar-refractivity contribution is 9.10. The van der Waals surface area contributed by atoms with E-state index in [0.29, 0.717) is 11.6 Å². The van der Waals surface area contributed by atoms with Gasteiger partial charge in [-0.05, 0) is 40.8 Å². The lowest BCUT2D eigenvalue weighted by Crippen LogP contribution is -2.32. The Kier molecular flexibility index (Phi) is 2.91. The van der Waals surface area contributed by atoms with Crippen molar-refractivity contribution in [1.29, 1.82) is 0 Å². The minimum absolute atomic E-state index is 0.0115. The number of halogens is 1. The molecule has 0 atom stereocenters. The smallest absolute Gasteiger partial charge is 0.267 e. The molecule has 1 fully saturated rings. The summed E-state index contributed by atoms with van der Waals surface area (Å²) in [5.74, 6) is 0.694. The summed E-state index contributed by atoms with van der Waals surface area (Å²) in [6.07, 6.45) is 5.59. The third-order valence-corrected chi connectivity index (χ3v) is 3.13. The van der Waals surface area contributed by atoms with Crippen molar-refractivity contribution >= 4 is 21.8 Å². The summed E-state index contributed by atoms with van der Waals surface area (Å²) in [6, 6.07) is 1.79. The van der Waals surface area contributed by atoms with E-state index in [1.54, 1.807) is 12.3 Å². The minimum atomic E-state index is -0.0115. The Morgan fingerprint density at radius 3 is 2.93 bits per heavy atom. The Bertz CT molecular complexity index is 331. The van der Waals surface area contributed by atoms with Crippen LogP contribution in [0.15, 0.2) is 16.7 Å². The molecule has 1 heterocycles. The van der Waals surface area contributed by atoms with Crippen LogP contribution >= 0.6 is 15.9 Å². The van der Waals surface area contributed by atoms with Gasteiger partial charge < -0.3 is 10.3 Å². The molecule has 2 rings (SSSR count). The van der Waals surface area contributed by atoms with Crippen molar-refractivity contribution in [2.24, 2.45) is 5.92 Å². The molecule has 0 saturated heterocycles. The molecule has 1 aliphatic rings. The van der Waals surface area contributed by atoms with Gasteiger partial charge in [-0.3, -0.25) is 4.79 Å². The molecule has 2 N–H and O–H groups in total. The molecule has 3 nitrogen and oxygen atoms in total. The van der Waals surface area contributed by atoms with Crippen LogP contribution in [0.1, 0.15) is 29.8 Å². The first kappa shape index (κ1) is 9.77. The monoisotopic (exact) mass is 256 g/mol. The van der Waals surface area contributed by atoms with Crippen molar-refractivity contribution in [2.45, 2.75) is 19.3 Å². The topological polar surface area (TPSA) is 44.9 Å². The molecule has 0 unspecified atom stereocenters. The summed E-state index contributed by atoms with van der Waals surface area (Å²) in [5, 5.41) is 2.92. The highest BCUT2D eigenvalue weighted by Crippen LogP contribution is 2.25. The molecule has 14 heavy (non-hydrogen) atoms. The Balaban J connectivity index is 1.82. The molecule has 0 aromatic carbocycles. The van der Waals surface area contributed by atoms with E-state index in [2.05, 4.69) is 26.2 Å². The zero-order valence-corrected chi connectivity index (χ0v) is 9.43. The van der Waals surface area contributed by atoms with Gasteiger partial charge in [-0.1, -0.05) is 6.42 Å². The van der Waals surface area contributed by atoms with Gasteiger partial charge in [0.1, 0.15) is 5.69 Å². The summed E-state index contributed by atoms with van der Waals surface area (Å²) in [5.41, 5.74) is 0.621. The van der Waals surface area contributed by atoms with E-state index in [0.717, 1.165) is 11.0 Å². The van der Waals surface area contributed by atoms with Crippen LogP contribution < -0.4 is 5.32 Å². The van der Waals surface area contributed by atoms with Crippen LogP contribution in [0.5, 0.6) is 0 Å². The van der Waals surface area contributed by atoms with E-state index in [1.165, 1.54) is 19.3 Å². The maximum Gasteiger partial charge on any atom is 0.267 e. The van der Waals surface area contributed by atoms with Gasteiger partial charge >= 0.3 is 0 Å². The number of H-pyrrole nitrogens is 1. The summed E-state index contributed by atoms with van der Waals surface area (Å²) in [4.78, 5) is 14.4. The van der Waals surface area contributed by atoms with Crippen molar-refractivity contribution in [1.82, 2.24) is 10.3 Å². The second-order valence-electron chi connectivity index (χ2n) is 3.74. The lowest BCUT2D eigenvalue weighted by atomic mass is 9.85. The zero-order valence-electron chi connectivity index (χ0n) is 7.85. The van der Waals surface area contributed by atoms with E-state index >= 15 is 0 Å². The predicted molar refractivity (Wildman–Crippen MR) is 58.2 cm³/mol. The number of carbonyl (C=O) groups excluding carboxylic acids is 1. The van der Waals surface area contributed by atoms with Crippen molar-refractivity contribution < 1.29 is 4.79 Å². The van der Waals surface area contributed by atoms with E-state index in [4.69, 9.17) is 0 Å². The minimum Gasteiger partial charge on any atom is -0.356 e. The van der Waals surface area contributed by atoms with Crippen LogP contribution in [0, 0.1) is 5.92 Å². The Morgan fingerprint density at radius 2 is 2.43 bits per heavy atom. The molecular formula is C10H13BrN2O. The molecule has 76 valence electrons. The molecule has 0 spiro atoms. The molecule has 1 aromatic rings. The Labute approximate surface area is 91.4 Å². The average Bonchev–Trinajstić information content (AvgIpc) is 2.49. The van der Waals surface area contributed by atoms with Gasteiger partial charge in [0, 0.05) is 17.2 Å². The summed E-state index contributed by atoms with van der Waals surface area (Å²) in [6.45, 7) is 0.815. The van der Waals surface area contributed by atoms with E-state index in [-0.39, 0.29) is 5.91 Å². The number of nitrogens with one attached hydrogen (secondary N) is 2.